The number of hydrogen-bond acceptors (Lipinski definition) is 7. The Labute approximate surface area is 183 Å². The van der Waals surface area contributed by atoms with Crippen LogP contribution >= 0.6 is 10.6 Å². The molecule has 2 aromatic carbocycles. The first kappa shape index (κ1) is 23.4. The van der Waals surface area contributed by atoms with Crippen molar-refractivity contribution in [1.82, 2.24) is 5.32 Å². The summed E-state index contributed by atoms with van der Waals surface area (Å²) in [5.41, 5.74) is -0.531. The normalized spacial score (nSPS) is 19.9. The second-order valence-corrected chi connectivity index (χ2v) is 12.7. The third-order valence-electron chi connectivity index (χ3n) is 4.89. The van der Waals surface area contributed by atoms with Crippen LogP contribution in [0.4, 0.5) is 4.79 Å². The van der Waals surface area contributed by atoms with E-state index in [2.05, 4.69) is 5.32 Å². The molecule has 170 valence electrons. The molecule has 0 spiro atoms. The molecule has 0 saturated carbocycles. The van der Waals surface area contributed by atoms with Crippen molar-refractivity contribution < 1.29 is 32.2 Å². The van der Waals surface area contributed by atoms with Crippen molar-refractivity contribution in [1.29, 1.82) is 0 Å². The van der Waals surface area contributed by atoms with Gasteiger partial charge in [-0.3, -0.25) is 9.11 Å². The largest absolute Gasteiger partial charge is 0.508 e. The fourth-order valence-electron chi connectivity index (χ4n) is 3.64. The van der Waals surface area contributed by atoms with E-state index in [0.717, 1.165) is 0 Å². The van der Waals surface area contributed by atoms with E-state index >= 15 is 0 Å². The summed E-state index contributed by atoms with van der Waals surface area (Å²) in [4.78, 5) is 12.3. The van der Waals surface area contributed by atoms with Gasteiger partial charge < -0.3 is 15.2 Å². The van der Waals surface area contributed by atoms with Crippen LogP contribution in [0.25, 0.3) is 0 Å². The van der Waals surface area contributed by atoms with Gasteiger partial charge >= 0.3 is 6.09 Å². The Morgan fingerprint density at radius 3 is 2.35 bits per heavy atom. The Kier molecular flexibility index (Phi) is 6.05. The second-order valence-electron chi connectivity index (χ2n) is 8.46. The van der Waals surface area contributed by atoms with Crippen LogP contribution in [0.15, 0.2) is 52.3 Å². The topological polar surface area (TPSA) is 133 Å². The molecule has 1 aliphatic heterocycles. The van der Waals surface area contributed by atoms with Gasteiger partial charge in [-0.25, -0.2) is 13.2 Å². The number of benzene rings is 2. The number of amides is 1. The van der Waals surface area contributed by atoms with Crippen molar-refractivity contribution in [3.63, 3.8) is 0 Å². The van der Waals surface area contributed by atoms with Crippen LogP contribution in [0.3, 0.4) is 0 Å². The molecule has 0 fully saturated rings. The lowest BCUT2D eigenvalue weighted by molar-refractivity contribution is 0.0507. The summed E-state index contributed by atoms with van der Waals surface area (Å²) in [5, 5.41) is 11.9. The Hall–Kier alpha value is -2.27. The number of nitrogens with one attached hydrogen (secondary N) is 1. The molecule has 0 radical (unpaired) electrons. The number of fused-ring (bicyclic) bond motifs is 1. The van der Waals surface area contributed by atoms with Crippen molar-refractivity contribution in [2.45, 2.75) is 54.4 Å². The Morgan fingerprint density at radius 1 is 1.16 bits per heavy atom. The molecule has 1 amide bonds. The van der Waals surface area contributed by atoms with Crippen LogP contribution in [-0.4, -0.2) is 40.1 Å². The van der Waals surface area contributed by atoms with Gasteiger partial charge in [0.1, 0.15) is 16.6 Å². The van der Waals surface area contributed by atoms with Crippen LogP contribution in [0.2, 0.25) is 0 Å². The summed E-state index contributed by atoms with van der Waals surface area (Å²) in [6.07, 6.45) is -0.746. The minimum atomic E-state index is -4.01. The van der Waals surface area contributed by atoms with Crippen molar-refractivity contribution in [2.24, 2.45) is 0 Å². The number of hydrogen-bond donors (Lipinski definition) is 4. The third-order valence-corrected chi connectivity index (χ3v) is 9.04. The van der Waals surface area contributed by atoms with Crippen LogP contribution < -0.4 is 5.32 Å². The Balaban J connectivity index is 2.10. The standard InChI is InChI=1S/C21H27NO7S2/c1-13(22-20(24)29-21(2,3)4)18-15(23)10-11-16-19(18)17(12-30(16,25)26)31(27,28)14-8-6-5-7-9-14/h5-11,13,17,23,25-26H,12H2,1-4H3,(H,22,24). The van der Waals surface area contributed by atoms with Gasteiger partial charge in [-0.2, -0.15) is 10.6 Å². The first-order chi connectivity index (χ1) is 14.2. The predicted octanol–water partition coefficient (Wildman–Crippen LogP) is 4.62. The quantitative estimate of drug-likeness (QED) is 0.513. The van der Waals surface area contributed by atoms with Gasteiger partial charge in [0.2, 0.25) is 0 Å². The van der Waals surface area contributed by atoms with Gasteiger partial charge in [0.05, 0.1) is 21.6 Å². The van der Waals surface area contributed by atoms with E-state index in [1.54, 1.807) is 45.9 Å². The molecule has 1 heterocycles. The molecular formula is C21H27NO7S2. The highest BCUT2D eigenvalue weighted by Crippen LogP contribution is 2.63. The summed E-state index contributed by atoms with van der Waals surface area (Å²) in [6, 6.07) is 9.45. The minimum Gasteiger partial charge on any atom is -0.508 e. The zero-order valence-corrected chi connectivity index (χ0v) is 19.3. The van der Waals surface area contributed by atoms with Crippen LogP contribution in [0.5, 0.6) is 5.75 Å². The highest BCUT2D eigenvalue weighted by atomic mass is 32.3. The molecular weight excluding hydrogens is 442 g/mol. The maximum atomic E-state index is 13.4. The second kappa shape index (κ2) is 8.01. The molecule has 0 aromatic heterocycles. The maximum Gasteiger partial charge on any atom is 0.408 e. The number of carbonyl (C=O) groups excluding carboxylic acids is 1. The number of alkyl carbamates (subject to hydrolysis) is 1. The van der Waals surface area contributed by atoms with E-state index in [1.807, 2.05) is 0 Å². The molecule has 1 aliphatic rings. The number of phenolic OH excluding ortho intramolecular Hbond substituents is 1. The molecule has 2 aromatic rings. The Morgan fingerprint density at radius 2 is 1.77 bits per heavy atom. The monoisotopic (exact) mass is 469 g/mol. The van der Waals surface area contributed by atoms with Crippen molar-refractivity contribution >= 4 is 26.5 Å². The molecule has 10 heteroatoms. The maximum absolute atomic E-state index is 13.4. The van der Waals surface area contributed by atoms with Gasteiger partial charge in [-0.05, 0) is 52.0 Å². The molecule has 0 bridgehead atoms. The van der Waals surface area contributed by atoms with E-state index in [4.69, 9.17) is 4.74 Å². The predicted molar refractivity (Wildman–Crippen MR) is 118 cm³/mol. The molecule has 31 heavy (non-hydrogen) atoms. The lowest BCUT2D eigenvalue weighted by Crippen LogP contribution is -2.34. The Bertz CT molecular complexity index is 1090. The zero-order valence-electron chi connectivity index (χ0n) is 17.7. The van der Waals surface area contributed by atoms with Crippen LogP contribution in [0, 0.1) is 0 Å². The summed E-state index contributed by atoms with van der Waals surface area (Å²) in [6.45, 7) is 6.67. The molecule has 3 rings (SSSR count). The van der Waals surface area contributed by atoms with E-state index in [0.29, 0.717) is 0 Å². The summed E-state index contributed by atoms with van der Waals surface area (Å²) in [7, 11) is -7.42. The van der Waals surface area contributed by atoms with Crippen molar-refractivity contribution in [3.05, 3.63) is 53.6 Å². The number of phenols is 1. The fourth-order valence-corrected chi connectivity index (χ4v) is 8.09. The number of aromatic hydroxyl groups is 1. The number of carbonyl (C=O) groups is 1. The minimum absolute atomic E-state index is 0.0325. The van der Waals surface area contributed by atoms with E-state index in [-0.39, 0.29) is 26.7 Å². The van der Waals surface area contributed by atoms with Gasteiger partial charge in [-0.1, -0.05) is 18.2 Å². The molecule has 0 saturated heterocycles. The molecule has 0 aliphatic carbocycles. The van der Waals surface area contributed by atoms with Crippen molar-refractivity contribution in [3.8, 4) is 5.75 Å². The third kappa shape index (κ3) is 4.67. The zero-order chi connectivity index (χ0) is 23.2. The number of ether oxygens (including phenoxy) is 1. The average molecular weight is 470 g/mol. The first-order valence-corrected chi connectivity index (χ1v) is 12.9. The lowest BCUT2D eigenvalue weighted by Gasteiger charge is -2.28. The number of rotatable bonds is 4. The van der Waals surface area contributed by atoms with Gasteiger partial charge in [-0.15, -0.1) is 0 Å². The molecule has 2 atom stereocenters. The van der Waals surface area contributed by atoms with Crippen molar-refractivity contribution in [2.75, 3.05) is 5.75 Å². The molecule has 8 nitrogen and oxygen atoms in total. The van der Waals surface area contributed by atoms with Gasteiger partial charge in [0.25, 0.3) is 0 Å². The summed E-state index contributed by atoms with van der Waals surface area (Å²) >= 11 is 0. The van der Waals surface area contributed by atoms with E-state index in [1.165, 1.54) is 24.3 Å². The van der Waals surface area contributed by atoms with Crippen LogP contribution in [-0.2, 0) is 14.6 Å². The summed E-state index contributed by atoms with van der Waals surface area (Å²) < 4.78 is 53.3. The van der Waals surface area contributed by atoms with E-state index in [9.17, 15) is 27.4 Å². The first-order valence-electron chi connectivity index (χ1n) is 9.64. The number of sulfone groups is 1. The fraction of sp³-hybridized carbons (Fsp3) is 0.381. The van der Waals surface area contributed by atoms with E-state index < -0.39 is 49.2 Å². The highest BCUT2D eigenvalue weighted by molar-refractivity contribution is 8.25. The SMILES string of the molecule is CC(NC(=O)OC(C)(C)C)c1c(O)ccc2c1C(S(=O)(=O)c1ccccc1)CS2(O)O. The van der Waals surface area contributed by atoms with Gasteiger partial charge in [0.15, 0.2) is 9.84 Å². The molecule has 2 unspecified atom stereocenters. The van der Waals surface area contributed by atoms with Gasteiger partial charge in [0, 0.05) is 11.1 Å². The lowest BCUT2D eigenvalue weighted by atomic mass is 9.98. The smallest absolute Gasteiger partial charge is 0.408 e. The molecule has 4 N–H and O–H groups in total. The average Bonchev–Trinajstić information content (AvgIpc) is 2.92. The highest BCUT2D eigenvalue weighted by Gasteiger charge is 2.46. The van der Waals surface area contributed by atoms with Crippen LogP contribution in [0.1, 0.15) is 50.1 Å². The summed E-state index contributed by atoms with van der Waals surface area (Å²) in [5.74, 6) is -0.678.